The van der Waals surface area contributed by atoms with Gasteiger partial charge in [0.1, 0.15) is 0 Å². The molecule has 0 aliphatic carbocycles. The Kier molecular flexibility index (Phi) is 3.71. The van der Waals surface area contributed by atoms with E-state index in [0.717, 1.165) is 10.6 Å². The zero-order chi connectivity index (χ0) is 12.3. The van der Waals surface area contributed by atoms with Crippen LogP contribution in [-0.4, -0.2) is 30.4 Å². The fourth-order valence-electron chi connectivity index (χ4n) is 1.61. The Morgan fingerprint density at radius 1 is 1.47 bits per heavy atom. The number of rotatable bonds is 4. The maximum absolute atomic E-state index is 10.9. The van der Waals surface area contributed by atoms with E-state index >= 15 is 0 Å². The molecule has 0 aromatic heterocycles. The summed E-state index contributed by atoms with van der Waals surface area (Å²) in [5, 5.41) is 2.74. The SMILES string of the molecule is CC(=O)Nc1ccc(SC2(CN)COC2)cc1. The van der Waals surface area contributed by atoms with Crippen LogP contribution < -0.4 is 11.1 Å². The van der Waals surface area contributed by atoms with Gasteiger partial charge in [0.25, 0.3) is 0 Å². The lowest BCUT2D eigenvalue weighted by Gasteiger charge is -2.39. The number of nitrogens with two attached hydrogens (primary N) is 1. The standard InChI is InChI=1S/C12H16N2O2S/c1-9(15)14-10-2-4-11(5-3-10)17-12(6-13)7-16-8-12/h2-5H,6-8,13H2,1H3,(H,14,15). The smallest absolute Gasteiger partial charge is 0.221 e. The zero-order valence-electron chi connectivity index (χ0n) is 9.73. The lowest BCUT2D eigenvalue weighted by atomic mass is 10.1. The number of carbonyl (C=O) groups excluding carboxylic acids is 1. The summed E-state index contributed by atoms with van der Waals surface area (Å²) >= 11 is 1.74. The monoisotopic (exact) mass is 252 g/mol. The first-order valence-corrected chi connectivity index (χ1v) is 6.30. The molecule has 0 unspecified atom stereocenters. The molecule has 5 heteroatoms. The highest BCUT2D eigenvalue weighted by Gasteiger charge is 2.38. The highest BCUT2D eigenvalue weighted by atomic mass is 32.2. The molecule has 1 heterocycles. The van der Waals surface area contributed by atoms with Gasteiger partial charge < -0.3 is 15.8 Å². The molecule has 1 aliphatic heterocycles. The molecule has 1 aliphatic rings. The number of nitrogens with one attached hydrogen (secondary N) is 1. The lowest BCUT2D eigenvalue weighted by Crippen LogP contribution is -2.52. The van der Waals surface area contributed by atoms with E-state index < -0.39 is 0 Å². The summed E-state index contributed by atoms with van der Waals surface area (Å²) in [7, 11) is 0. The van der Waals surface area contributed by atoms with Crippen molar-refractivity contribution in [2.45, 2.75) is 16.6 Å². The van der Waals surface area contributed by atoms with Gasteiger partial charge in [0.15, 0.2) is 0 Å². The van der Waals surface area contributed by atoms with Gasteiger partial charge in [-0.05, 0) is 24.3 Å². The number of benzene rings is 1. The quantitative estimate of drug-likeness (QED) is 0.851. The minimum absolute atomic E-state index is 0.0372. The maximum atomic E-state index is 10.9. The van der Waals surface area contributed by atoms with Gasteiger partial charge in [-0.3, -0.25) is 4.79 Å². The molecular formula is C12H16N2O2S. The zero-order valence-corrected chi connectivity index (χ0v) is 10.5. The van der Waals surface area contributed by atoms with Crippen molar-refractivity contribution in [3.63, 3.8) is 0 Å². The van der Waals surface area contributed by atoms with Gasteiger partial charge in [-0.1, -0.05) is 0 Å². The van der Waals surface area contributed by atoms with E-state index in [1.54, 1.807) is 11.8 Å². The third-order valence-electron chi connectivity index (χ3n) is 2.61. The van der Waals surface area contributed by atoms with Crippen LogP contribution in [0.4, 0.5) is 5.69 Å². The van der Waals surface area contributed by atoms with Crippen LogP contribution in [0.25, 0.3) is 0 Å². The Morgan fingerprint density at radius 2 is 2.12 bits per heavy atom. The van der Waals surface area contributed by atoms with Crippen LogP contribution in [0.2, 0.25) is 0 Å². The molecule has 1 aromatic rings. The number of hydrogen-bond donors (Lipinski definition) is 2. The molecule has 92 valence electrons. The summed E-state index contributed by atoms with van der Waals surface area (Å²) in [5.41, 5.74) is 6.57. The number of anilines is 1. The molecule has 0 saturated carbocycles. The van der Waals surface area contributed by atoms with Crippen LogP contribution in [0.3, 0.4) is 0 Å². The van der Waals surface area contributed by atoms with Crippen molar-refractivity contribution in [1.29, 1.82) is 0 Å². The van der Waals surface area contributed by atoms with Crippen LogP contribution >= 0.6 is 11.8 Å². The Bertz CT molecular complexity index is 396. The highest BCUT2D eigenvalue weighted by Crippen LogP contribution is 2.38. The number of carbonyl (C=O) groups is 1. The van der Waals surface area contributed by atoms with Crippen molar-refractivity contribution >= 4 is 23.4 Å². The summed E-state index contributed by atoms with van der Waals surface area (Å²) in [6.07, 6.45) is 0. The van der Waals surface area contributed by atoms with Gasteiger partial charge in [0.05, 0.1) is 18.0 Å². The van der Waals surface area contributed by atoms with Gasteiger partial charge in [0, 0.05) is 24.1 Å². The minimum Gasteiger partial charge on any atom is -0.378 e. The number of ether oxygens (including phenoxy) is 1. The first-order valence-electron chi connectivity index (χ1n) is 5.48. The molecule has 1 saturated heterocycles. The Morgan fingerprint density at radius 3 is 2.53 bits per heavy atom. The first-order chi connectivity index (χ1) is 8.13. The molecule has 0 radical (unpaired) electrons. The van der Waals surface area contributed by atoms with E-state index in [1.807, 2.05) is 24.3 Å². The molecule has 4 nitrogen and oxygen atoms in total. The van der Waals surface area contributed by atoms with Crippen LogP contribution in [0.1, 0.15) is 6.92 Å². The molecule has 0 bridgehead atoms. The fourth-order valence-corrected chi connectivity index (χ4v) is 2.75. The van der Waals surface area contributed by atoms with E-state index in [9.17, 15) is 4.79 Å². The summed E-state index contributed by atoms with van der Waals surface area (Å²) < 4.78 is 5.26. The Hall–Kier alpha value is -1.04. The molecule has 1 aromatic carbocycles. The lowest BCUT2D eigenvalue weighted by molar-refractivity contribution is -0.114. The van der Waals surface area contributed by atoms with Crippen molar-refractivity contribution in [3.8, 4) is 0 Å². The maximum Gasteiger partial charge on any atom is 0.221 e. The summed E-state index contributed by atoms with van der Waals surface area (Å²) in [4.78, 5) is 12.0. The summed E-state index contributed by atoms with van der Waals surface area (Å²) in [6, 6.07) is 7.78. The third kappa shape index (κ3) is 3.00. The largest absolute Gasteiger partial charge is 0.378 e. The molecule has 17 heavy (non-hydrogen) atoms. The van der Waals surface area contributed by atoms with E-state index in [-0.39, 0.29) is 10.7 Å². The van der Waals surface area contributed by atoms with Gasteiger partial charge in [0.2, 0.25) is 5.91 Å². The van der Waals surface area contributed by atoms with Crippen LogP contribution in [0.15, 0.2) is 29.2 Å². The van der Waals surface area contributed by atoms with Gasteiger partial charge in [-0.25, -0.2) is 0 Å². The van der Waals surface area contributed by atoms with Crippen LogP contribution in [0.5, 0.6) is 0 Å². The first kappa shape index (κ1) is 12.4. The van der Waals surface area contributed by atoms with Crippen molar-refractivity contribution < 1.29 is 9.53 Å². The Labute approximate surface area is 105 Å². The molecule has 3 N–H and O–H groups in total. The van der Waals surface area contributed by atoms with Crippen molar-refractivity contribution in [3.05, 3.63) is 24.3 Å². The summed E-state index contributed by atoms with van der Waals surface area (Å²) in [6.45, 7) is 3.53. The second kappa shape index (κ2) is 5.08. The Balaban J connectivity index is 2.00. The average molecular weight is 252 g/mol. The second-order valence-electron chi connectivity index (χ2n) is 4.19. The molecule has 0 atom stereocenters. The van der Waals surface area contributed by atoms with Crippen molar-refractivity contribution in [1.82, 2.24) is 0 Å². The fraction of sp³-hybridized carbons (Fsp3) is 0.417. The van der Waals surface area contributed by atoms with Gasteiger partial charge in [-0.2, -0.15) is 0 Å². The van der Waals surface area contributed by atoms with Gasteiger partial charge in [-0.15, -0.1) is 11.8 Å². The predicted molar refractivity (Wildman–Crippen MR) is 69.2 cm³/mol. The normalized spacial score (nSPS) is 17.3. The van der Waals surface area contributed by atoms with Crippen LogP contribution in [-0.2, 0) is 9.53 Å². The van der Waals surface area contributed by atoms with E-state index in [4.69, 9.17) is 10.5 Å². The van der Waals surface area contributed by atoms with E-state index in [0.29, 0.717) is 19.8 Å². The molecule has 1 fully saturated rings. The van der Waals surface area contributed by atoms with Crippen molar-refractivity contribution in [2.24, 2.45) is 5.73 Å². The molecule has 2 rings (SSSR count). The molecular weight excluding hydrogens is 236 g/mol. The molecule has 1 amide bonds. The minimum atomic E-state index is -0.0591. The molecule has 0 spiro atoms. The van der Waals surface area contributed by atoms with E-state index in [2.05, 4.69) is 5.32 Å². The number of amides is 1. The van der Waals surface area contributed by atoms with Crippen molar-refractivity contribution in [2.75, 3.05) is 25.1 Å². The van der Waals surface area contributed by atoms with Gasteiger partial charge >= 0.3 is 0 Å². The number of hydrogen-bond acceptors (Lipinski definition) is 4. The van der Waals surface area contributed by atoms with Crippen LogP contribution in [0, 0.1) is 0 Å². The topological polar surface area (TPSA) is 64.4 Å². The number of thioether (sulfide) groups is 1. The third-order valence-corrected chi connectivity index (χ3v) is 3.95. The average Bonchev–Trinajstić information content (AvgIpc) is 2.25. The predicted octanol–water partition coefficient (Wildman–Crippen LogP) is 1.46. The van der Waals surface area contributed by atoms with E-state index in [1.165, 1.54) is 6.92 Å². The highest BCUT2D eigenvalue weighted by molar-refractivity contribution is 8.00. The second-order valence-corrected chi connectivity index (χ2v) is 5.73. The summed E-state index contributed by atoms with van der Waals surface area (Å²) in [5.74, 6) is -0.0591.